The minimum Gasteiger partial charge on any atom is -0.310 e. The molecule has 0 atom stereocenters. The molecule has 3 heteroatoms. The van der Waals surface area contributed by atoms with Crippen molar-refractivity contribution in [2.45, 2.75) is 5.41 Å². The molecule has 338 valence electrons. The normalized spacial score (nSPS) is 12.6. The summed E-state index contributed by atoms with van der Waals surface area (Å²) in [7, 11) is 0. The summed E-state index contributed by atoms with van der Waals surface area (Å²) >= 11 is 0. The second kappa shape index (κ2) is 16.9. The standard InChI is InChI=1S/C69H47N3/c1-6-25-51(26-7-1)69(52-27-8-2-9-28-52)62-43-41-57(45-61(62)67-59-35-19-18-23-49(59)39-42-63(67)69)70(53-29-10-3-11-30-53)58-46-65(71(54-31-12-4-13-32-54)55-33-14-5-15-34-55)68-60-36-20-21-37-64(60)72(66(68)47-58)56-40-38-48-22-16-17-24-50(48)44-56/h1-47H. The van der Waals surface area contributed by atoms with E-state index in [1.165, 1.54) is 65.7 Å². The van der Waals surface area contributed by atoms with Crippen molar-refractivity contribution in [2.75, 3.05) is 9.80 Å². The highest BCUT2D eigenvalue weighted by Gasteiger charge is 2.47. The van der Waals surface area contributed by atoms with Gasteiger partial charge in [-0.1, -0.05) is 206 Å². The highest BCUT2D eigenvalue weighted by atomic mass is 15.2. The molecule has 0 saturated heterocycles. The lowest BCUT2D eigenvalue weighted by atomic mass is 9.67. The van der Waals surface area contributed by atoms with E-state index in [1.807, 2.05) is 0 Å². The first-order valence-electron chi connectivity index (χ1n) is 24.8. The molecule has 72 heavy (non-hydrogen) atoms. The van der Waals surface area contributed by atoms with Gasteiger partial charge in [0.2, 0.25) is 0 Å². The van der Waals surface area contributed by atoms with Gasteiger partial charge in [0.15, 0.2) is 0 Å². The number of fused-ring (bicyclic) bond motifs is 9. The van der Waals surface area contributed by atoms with Gasteiger partial charge in [0, 0.05) is 39.2 Å². The quantitative estimate of drug-likeness (QED) is 0.143. The summed E-state index contributed by atoms with van der Waals surface area (Å²) in [6.45, 7) is 0. The first-order valence-corrected chi connectivity index (χ1v) is 24.8. The van der Waals surface area contributed by atoms with Crippen LogP contribution < -0.4 is 9.80 Å². The first kappa shape index (κ1) is 41.5. The zero-order valence-electron chi connectivity index (χ0n) is 39.5. The van der Waals surface area contributed by atoms with Crippen LogP contribution in [0.5, 0.6) is 0 Å². The van der Waals surface area contributed by atoms with E-state index in [0.29, 0.717) is 0 Å². The molecule has 0 aliphatic heterocycles. The van der Waals surface area contributed by atoms with Crippen molar-refractivity contribution in [1.82, 2.24) is 4.57 Å². The average molecular weight is 918 g/mol. The number of benzene rings is 12. The summed E-state index contributed by atoms with van der Waals surface area (Å²) < 4.78 is 2.47. The van der Waals surface area contributed by atoms with Crippen molar-refractivity contribution in [2.24, 2.45) is 0 Å². The molecule has 0 fully saturated rings. The second-order valence-electron chi connectivity index (χ2n) is 18.8. The molecule has 0 spiro atoms. The van der Waals surface area contributed by atoms with E-state index in [0.717, 1.165) is 50.8 Å². The Morgan fingerprint density at radius 2 is 0.819 bits per heavy atom. The summed E-state index contributed by atoms with van der Waals surface area (Å²) in [5.74, 6) is 0. The maximum absolute atomic E-state index is 2.47. The van der Waals surface area contributed by atoms with Crippen LogP contribution in [0.15, 0.2) is 285 Å². The van der Waals surface area contributed by atoms with Gasteiger partial charge in [0.05, 0.1) is 27.8 Å². The fraction of sp³-hybridized carbons (Fsp3) is 0.0145. The Morgan fingerprint density at radius 1 is 0.306 bits per heavy atom. The third-order valence-corrected chi connectivity index (χ3v) is 15.0. The van der Waals surface area contributed by atoms with Crippen molar-refractivity contribution in [1.29, 1.82) is 0 Å². The molecule has 0 amide bonds. The lowest BCUT2D eigenvalue weighted by Crippen LogP contribution is -2.28. The third kappa shape index (κ3) is 6.45. The molecule has 0 saturated carbocycles. The summed E-state index contributed by atoms with van der Waals surface area (Å²) in [6.07, 6.45) is 0. The first-order chi connectivity index (χ1) is 35.7. The number of para-hydroxylation sites is 4. The van der Waals surface area contributed by atoms with Gasteiger partial charge in [-0.15, -0.1) is 0 Å². The average Bonchev–Trinajstić information content (AvgIpc) is 3.96. The Labute approximate surface area is 419 Å². The van der Waals surface area contributed by atoms with E-state index < -0.39 is 5.41 Å². The fourth-order valence-electron chi connectivity index (χ4n) is 12.0. The molecule has 0 radical (unpaired) electrons. The van der Waals surface area contributed by atoms with Crippen LogP contribution >= 0.6 is 0 Å². The predicted octanol–water partition coefficient (Wildman–Crippen LogP) is 18.4. The van der Waals surface area contributed by atoms with Crippen molar-refractivity contribution in [3.8, 4) is 16.8 Å². The summed E-state index contributed by atoms with van der Waals surface area (Å²) in [5.41, 5.74) is 16.8. The summed E-state index contributed by atoms with van der Waals surface area (Å²) in [5, 5.41) is 7.25. The molecule has 14 rings (SSSR count). The maximum Gasteiger partial charge on any atom is 0.0713 e. The van der Waals surface area contributed by atoms with Crippen LogP contribution in [-0.2, 0) is 5.41 Å². The van der Waals surface area contributed by atoms with Gasteiger partial charge in [-0.05, 0) is 134 Å². The fourth-order valence-corrected chi connectivity index (χ4v) is 12.0. The van der Waals surface area contributed by atoms with Gasteiger partial charge in [-0.2, -0.15) is 0 Å². The van der Waals surface area contributed by atoms with E-state index in [-0.39, 0.29) is 0 Å². The molecular formula is C69H47N3. The zero-order chi connectivity index (χ0) is 47.6. The number of anilines is 6. The van der Waals surface area contributed by atoms with Gasteiger partial charge in [-0.3, -0.25) is 0 Å². The number of aromatic nitrogens is 1. The third-order valence-electron chi connectivity index (χ3n) is 15.0. The van der Waals surface area contributed by atoms with Crippen LogP contribution in [0.25, 0.3) is 60.2 Å². The number of hydrogen-bond acceptors (Lipinski definition) is 2. The molecule has 3 nitrogen and oxygen atoms in total. The van der Waals surface area contributed by atoms with E-state index in [1.54, 1.807) is 0 Å². The maximum atomic E-state index is 2.47. The Kier molecular flexibility index (Phi) is 9.75. The highest BCUT2D eigenvalue weighted by molar-refractivity contribution is 6.18. The van der Waals surface area contributed by atoms with Gasteiger partial charge in [0.1, 0.15) is 0 Å². The van der Waals surface area contributed by atoms with Crippen molar-refractivity contribution >= 4 is 77.5 Å². The minimum atomic E-state index is -0.550. The van der Waals surface area contributed by atoms with Crippen LogP contribution in [0.1, 0.15) is 22.3 Å². The van der Waals surface area contributed by atoms with Crippen LogP contribution in [0.2, 0.25) is 0 Å². The van der Waals surface area contributed by atoms with Crippen molar-refractivity contribution in [3.05, 3.63) is 307 Å². The van der Waals surface area contributed by atoms with E-state index in [2.05, 4.69) is 299 Å². The number of hydrogen-bond donors (Lipinski definition) is 0. The molecule has 0 bridgehead atoms. The molecule has 0 unspecified atom stereocenters. The van der Waals surface area contributed by atoms with Gasteiger partial charge < -0.3 is 14.4 Å². The Morgan fingerprint density at radius 3 is 1.47 bits per heavy atom. The van der Waals surface area contributed by atoms with E-state index in [9.17, 15) is 0 Å². The second-order valence-corrected chi connectivity index (χ2v) is 18.8. The van der Waals surface area contributed by atoms with E-state index >= 15 is 0 Å². The Hall–Kier alpha value is -9.44. The number of nitrogens with zero attached hydrogens (tertiary/aromatic N) is 3. The summed E-state index contributed by atoms with van der Waals surface area (Å²) in [6, 6.07) is 105. The van der Waals surface area contributed by atoms with Gasteiger partial charge in [-0.25, -0.2) is 0 Å². The molecule has 0 N–H and O–H groups in total. The van der Waals surface area contributed by atoms with Gasteiger partial charge in [0.25, 0.3) is 0 Å². The lowest BCUT2D eigenvalue weighted by Gasteiger charge is -2.34. The van der Waals surface area contributed by atoms with Crippen LogP contribution in [-0.4, -0.2) is 4.57 Å². The zero-order valence-corrected chi connectivity index (χ0v) is 39.5. The monoisotopic (exact) mass is 917 g/mol. The molecule has 12 aromatic carbocycles. The largest absolute Gasteiger partial charge is 0.310 e. The Bertz CT molecular complexity index is 4070. The molecular weight excluding hydrogens is 871 g/mol. The van der Waals surface area contributed by atoms with Gasteiger partial charge >= 0.3 is 0 Å². The number of rotatable bonds is 9. The SMILES string of the molecule is c1ccc(N(c2ccc3c(c2)-c2c(ccc4ccccc24)C3(c2ccccc2)c2ccccc2)c2cc(N(c3ccccc3)c3ccccc3)c3c4ccccc4n(-c4ccc5ccccc5c4)c3c2)cc1. The van der Waals surface area contributed by atoms with Crippen molar-refractivity contribution < 1.29 is 0 Å². The van der Waals surface area contributed by atoms with Crippen LogP contribution in [0.3, 0.4) is 0 Å². The highest BCUT2D eigenvalue weighted by Crippen LogP contribution is 2.59. The molecule has 1 aliphatic rings. The van der Waals surface area contributed by atoms with E-state index in [4.69, 9.17) is 0 Å². The lowest BCUT2D eigenvalue weighted by molar-refractivity contribution is 0.769. The summed E-state index contributed by atoms with van der Waals surface area (Å²) in [4.78, 5) is 4.90. The topological polar surface area (TPSA) is 11.4 Å². The molecule has 1 heterocycles. The minimum absolute atomic E-state index is 0.550. The smallest absolute Gasteiger partial charge is 0.0713 e. The van der Waals surface area contributed by atoms with Crippen LogP contribution in [0.4, 0.5) is 34.1 Å². The molecule has 13 aromatic rings. The van der Waals surface area contributed by atoms with Crippen molar-refractivity contribution in [3.63, 3.8) is 0 Å². The van der Waals surface area contributed by atoms with Crippen LogP contribution in [0, 0.1) is 0 Å². The predicted molar refractivity (Wildman–Crippen MR) is 302 cm³/mol. The Balaban J connectivity index is 1.10. The molecule has 1 aliphatic carbocycles. The molecule has 1 aromatic heterocycles.